The molecule has 0 aromatic heterocycles. The molecule has 0 heterocycles. The molecule has 0 radical (unpaired) electrons. The van der Waals surface area contributed by atoms with Crippen LogP contribution < -0.4 is 0 Å². The summed E-state index contributed by atoms with van der Waals surface area (Å²) in [7, 11) is -9.93. The van der Waals surface area contributed by atoms with Gasteiger partial charge in [-0.2, -0.15) is 0 Å². The summed E-state index contributed by atoms with van der Waals surface area (Å²) in [6.07, 6.45) is 60.5. The van der Waals surface area contributed by atoms with Crippen molar-refractivity contribution >= 4 is 39.5 Å². The van der Waals surface area contributed by atoms with Crippen molar-refractivity contribution < 1.29 is 80.2 Å². The molecule has 2 unspecified atom stereocenters. The smallest absolute Gasteiger partial charge is 0.462 e. The molecule has 0 aromatic carbocycles. The maximum absolute atomic E-state index is 13.1. The maximum Gasteiger partial charge on any atom is 0.472 e. The molecule has 0 fully saturated rings. The zero-order valence-electron chi connectivity index (χ0n) is 62.9. The van der Waals surface area contributed by atoms with Crippen LogP contribution in [-0.2, 0) is 65.4 Å². The number of allylic oxidation sites excluding steroid dienone is 4. The van der Waals surface area contributed by atoms with Gasteiger partial charge in [0.1, 0.15) is 19.3 Å². The molecular weight excluding hydrogens is 1270 g/mol. The highest BCUT2D eigenvalue weighted by molar-refractivity contribution is 7.47. The van der Waals surface area contributed by atoms with E-state index in [1.54, 1.807) is 0 Å². The Balaban J connectivity index is 5.28. The van der Waals surface area contributed by atoms with Gasteiger partial charge in [0.2, 0.25) is 0 Å². The van der Waals surface area contributed by atoms with Crippen molar-refractivity contribution in [2.24, 2.45) is 11.8 Å². The van der Waals surface area contributed by atoms with Gasteiger partial charge in [-0.1, -0.05) is 329 Å². The van der Waals surface area contributed by atoms with Crippen molar-refractivity contribution in [2.75, 3.05) is 39.6 Å². The second kappa shape index (κ2) is 69.3. The first-order valence-corrected chi connectivity index (χ1v) is 42.8. The number of aliphatic hydroxyl groups excluding tert-OH is 1. The quantitative estimate of drug-likeness (QED) is 0.0169. The van der Waals surface area contributed by atoms with Crippen LogP contribution in [0.1, 0.15) is 382 Å². The van der Waals surface area contributed by atoms with Gasteiger partial charge in [0.25, 0.3) is 0 Å². The molecule has 97 heavy (non-hydrogen) atoms. The topological polar surface area (TPSA) is 237 Å². The number of phosphoric acid groups is 2. The van der Waals surface area contributed by atoms with Crippen LogP contribution in [0.2, 0.25) is 0 Å². The van der Waals surface area contributed by atoms with Crippen molar-refractivity contribution in [3.8, 4) is 0 Å². The molecule has 0 saturated carbocycles. The minimum Gasteiger partial charge on any atom is -0.462 e. The number of aliphatic hydroxyl groups is 1. The summed E-state index contributed by atoms with van der Waals surface area (Å²) in [5, 5.41) is 10.6. The Kier molecular flexibility index (Phi) is 67.5. The van der Waals surface area contributed by atoms with Gasteiger partial charge < -0.3 is 33.8 Å². The number of esters is 4. The second-order valence-corrected chi connectivity index (χ2v) is 31.3. The SMILES string of the molecule is CCCCCC/C=C\C=C/CCCCCCCC(=O)O[C@H](COC(=O)CCCCCCCCCC(C)C)COP(=O)(O)OC[C@H](O)COP(=O)(O)OC[C@@H](COC(=O)CCCCCCCCCCCCCCCCCC)OC(=O)CCCCCCCCCCCCCCCC(C)C. The van der Waals surface area contributed by atoms with Gasteiger partial charge in [0.05, 0.1) is 26.4 Å². The van der Waals surface area contributed by atoms with Crippen molar-refractivity contribution in [1.29, 1.82) is 0 Å². The molecule has 572 valence electrons. The molecule has 19 heteroatoms. The van der Waals surface area contributed by atoms with Crippen LogP contribution in [0.4, 0.5) is 0 Å². The third-order valence-electron chi connectivity index (χ3n) is 17.6. The van der Waals surface area contributed by atoms with E-state index >= 15 is 0 Å². The number of ether oxygens (including phenoxy) is 4. The Morgan fingerprint density at radius 2 is 0.557 bits per heavy atom. The van der Waals surface area contributed by atoms with E-state index < -0.39 is 97.5 Å². The molecule has 0 amide bonds. The molecule has 0 bridgehead atoms. The molecule has 0 aromatic rings. The molecule has 5 atom stereocenters. The molecule has 0 spiro atoms. The summed E-state index contributed by atoms with van der Waals surface area (Å²) in [6, 6.07) is 0. The lowest BCUT2D eigenvalue weighted by molar-refractivity contribution is -0.161. The van der Waals surface area contributed by atoms with Crippen LogP contribution in [0, 0.1) is 11.8 Å². The van der Waals surface area contributed by atoms with E-state index in [1.807, 2.05) is 0 Å². The molecule has 17 nitrogen and oxygen atoms in total. The van der Waals surface area contributed by atoms with Crippen molar-refractivity contribution in [3.63, 3.8) is 0 Å². The molecule has 0 rings (SSSR count). The zero-order chi connectivity index (χ0) is 71.4. The number of carbonyl (C=O) groups excluding carboxylic acids is 4. The number of rotatable bonds is 75. The van der Waals surface area contributed by atoms with Crippen LogP contribution in [0.3, 0.4) is 0 Å². The predicted octanol–water partition coefficient (Wildman–Crippen LogP) is 22.7. The molecule has 0 aliphatic carbocycles. The van der Waals surface area contributed by atoms with E-state index in [1.165, 1.54) is 180 Å². The molecule has 0 aliphatic rings. The van der Waals surface area contributed by atoms with Crippen molar-refractivity contribution in [2.45, 2.75) is 400 Å². The van der Waals surface area contributed by atoms with Gasteiger partial charge in [0.15, 0.2) is 12.2 Å². The van der Waals surface area contributed by atoms with Crippen LogP contribution in [0.5, 0.6) is 0 Å². The van der Waals surface area contributed by atoms with Gasteiger partial charge in [0, 0.05) is 25.7 Å². The highest BCUT2D eigenvalue weighted by Crippen LogP contribution is 2.45. The lowest BCUT2D eigenvalue weighted by Gasteiger charge is -2.21. The van der Waals surface area contributed by atoms with E-state index in [9.17, 15) is 43.2 Å². The Hall–Kier alpha value is -2.46. The molecule has 0 saturated heterocycles. The Morgan fingerprint density at radius 3 is 0.845 bits per heavy atom. The van der Waals surface area contributed by atoms with Crippen molar-refractivity contribution in [1.82, 2.24) is 0 Å². The number of unbranched alkanes of at least 4 members (excludes halogenated alkanes) is 42. The van der Waals surface area contributed by atoms with E-state index in [4.69, 9.17) is 37.0 Å². The maximum atomic E-state index is 13.1. The van der Waals surface area contributed by atoms with Gasteiger partial charge in [-0.05, 0) is 63.2 Å². The fraction of sp³-hybridized carbons (Fsp3) is 0.897. The minimum atomic E-state index is -4.96. The first kappa shape index (κ1) is 94.5. The van der Waals surface area contributed by atoms with Gasteiger partial charge in [-0.25, -0.2) is 9.13 Å². The van der Waals surface area contributed by atoms with Crippen LogP contribution in [0.15, 0.2) is 24.3 Å². The Morgan fingerprint density at radius 1 is 0.320 bits per heavy atom. The Bertz CT molecular complexity index is 1970. The normalized spacial score (nSPS) is 14.1. The standard InChI is InChI=1S/C78H148O17P2/c1-7-9-11-13-15-17-19-21-23-25-28-32-36-42-48-54-60-75(80)88-66-73(94-77(82)63-57-51-44-38-34-30-26-27-31-35-40-46-52-58-70(3)4)68-92-96(84,85)90-64-72(79)65-91-97(86,87)93-69-74(67-89-76(81)61-55-49-45-39-41-47-53-59-71(5)6)95-78(83)62-56-50-43-37-33-29-24-22-20-18-16-14-12-10-8-2/h18,20,22,24,70-74,79H,7-17,19,21,23,25-69H2,1-6H3,(H,84,85)(H,86,87)/b20-18-,24-22-/t72-,73-,74-/m1/s1. The third kappa shape index (κ3) is 71.7. The van der Waals surface area contributed by atoms with E-state index in [-0.39, 0.29) is 25.7 Å². The van der Waals surface area contributed by atoms with Crippen LogP contribution in [-0.4, -0.2) is 96.7 Å². The minimum absolute atomic E-state index is 0.0843. The van der Waals surface area contributed by atoms with Crippen molar-refractivity contribution in [3.05, 3.63) is 24.3 Å². The highest BCUT2D eigenvalue weighted by Gasteiger charge is 2.30. The number of phosphoric ester groups is 2. The fourth-order valence-electron chi connectivity index (χ4n) is 11.5. The van der Waals surface area contributed by atoms with Gasteiger partial charge in [-0.15, -0.1) is 0 Å². The summed E-state index contributed by atoms with van der Waals surface area (Å²) in [5.41, 5.74) is 0. The van der Waals surface area contributed by atoms with Crippen LogP contribution >= 0.6 is 15.6 Å². The zero-order valence-corrected chi connectivity index (χ0v) is 64.7. The first-order valence-electron chi connectivity index (χ1n) is 39.8. The largest absolute Gasteiger partial charge is 0.472 e. The van der Waals surface area contributed by atoms with E-state index in [0.717, 1.165) is 115 Å². The monoisotopic (exact) mass is 1420 g/mol. The predicted molar refractivity (Wildman–Crippen MR) is 395 cm³/mol. The van der Waals surface area contributed by atoms with E-state index in [0.29, 0.717) is 31.6 Å². The number of carbonyl (C=O) groups is 4. The molecule has 3 N–H and O–H groups in total. The lowest BCUT2D eigenvalue weighted by Crippen LogP contribution is -2.30. The van der Waals surface area contributed by atoms with Crippen LogP contribution in [0.25, 0.3) is 0 Å². The summed E-state index contributed by atoms with van der Waals surface area (Å²) < 4.78 is 68.6. The van der Waals surface area contributed by atoms with E-state index in [2.05, 4.69) is 65.8 Å². The number of hydrogen-bond donors (Lipinski definition) is 3. The Labute approximate surface area is 592 Å². The summed E-state index contributed by atoms with van der Waals surface area (Å²) in [6.45, 7) is 9.50. The lowest BCUT2D eigenvalue weighted by atomic mass is 10.0. The molecular formula is C78H148O17P2. The first-order chi connectivity index (χ1) is 46.9. The summed E-state index contributed by atoms with van der Waals surface area (Å²) in [4.78, 5) is 72.9. The average Bonchev–Trinajstić information content (AvgIpc) is 2.21. The third-order valence-corrected chi connectivity index (χ3v) is 19.5. The molecule has 0 aliphatic heterocycles. The number of hydrogen-bond acceptors (Lipinski definition) is 15. The second-order valence-electron chi connectivity index (χ2n) is 28.4. The summed E-state index contributed by atoms with van der Waals surface area (Å²) >= 11 is 0. The fourth-order valence-corrected chi connectivity index (χ4v) is 13.0. The van der Waals surface area contributed by atoms with Gasteiger partial charge in [-0.3, -0.25) is 37.3 Å². The summed E-state index contributed by atoms with van der Waals surface area (Å²) in [5.74, 6) is -0.657. The van der Waals surface area contributed by atoms with Gasteiger partial charge >= 0.3 is 39.5 Å². The highest BCUT2D eigenvalue weighted by atomic mass is 31.2. The average molecular weight is 1420 g/mol.